The maximum absolute atomic E-state index is 13.6. The fraction of sp³-hybridized carbons (Fsp3) is 0.593. The van der Waals surface area contributed by atoms with Gasteiger partial charge in [0.15, 0.2) is 0 Å². The zero-order valence-corrected chi connectivity index (χ0v) is 21.7. The molecule has 188 valence electrons. The second kappa shape index (κ2) is 13.6. The number of nitrogens with zero attached hydrogens (tertiary/aromatic N) is 1. The SMILES string of the molecule is C#Cc1ccc(C(C(=O)NC(C)C)N(CCCCCC)C(=O)C(C)NC(=O)OC(C)(C)C)cc1. The predicted molar refractivity (Wildman–Crippen MR) is 135 cm³/mol. The summed E-state index contributed by atoms with van der Waals surface area (Å²) < 4.78 is 5.30. The van der Waals surface area contributed by atoms with Gasteiger partial charge in [0, 0.05) is 18.2 Å². The average Bonchev–Trinajstić information content (AvgIpc) is 2.73. The Balaban J connectivity index is 3.30. The number of hydrogen-bond acceptors (Lipinski definition) is 4. The molecule has 1 aromatic rings. The summed E-state index contributed by atoms with van der Waals surface area (Å²) in [7, 11) is 0. The van der Waals surface area contributed by atoms with Crippen LogP contribution in [0.15, 0.2) is 24.3 Å². The van der Waals surface area contributed by atoms with Gasteiger partial charge < -0.3 is 20.3 Å². The summed E-state index contributed by atoms with van der Waals surface area (Å²) >= 11 is 0. The summed E-state index contributed by atoms with van der Waals surface area (Å²) in [6.45, 7) is 13.1. The third kappa shape index (κ3) is 9.86. The van der Waals surface area contributed by atoms with Crippen molar-refractivity contribution in [3.8, 4) is 12.3 Å². The molecular weight excluding hydrogens is 430 g/mol. The topological polar surface area (TPSA) is 87.7 Å². The third-order valence-electron chi connectivity index (χ3n) is 5.02. The molecule has 3 amide bonds. The van der Waals surface area contributed by atoms with Gasteiger partial charge >= 0.3 is 6.09 Å². The minimum Gasteiger partial charge on any atom is -0.444 e. The van der Waals surface area contributed by atoms with E-state index in [1.165, 1.54) is 0 Å². The van der Waals surface area contributed by atoms with E-state index >= 15 is 0 Å². The molecule has 0 fully saturated rings. The van der Waals surface area contributed by atoms with Gasteiger partial charge in [0.2, 0.25) is 11.8 Å². The first-order valence-corrected chi connectivity index (χ1v) is 12.1. The lowest BCUT2D eigenvalue weighted by molar-refractivity contribution is -0.142. The van der Waals surface area contributed by atoms with Crippen LogP contribution in [0.3, 0.4) is 0 Å². The zero-order valence-electron chi connectivity index (χ0n) is 21.7. The number of carbonyl (C=O) groups excluding carboxylic acids is 3. The summed E-state index contributed by atoms with van der Waals surface area (Å²) in [4.78, 5) is 40.7. The lowest BCUT2D eigenvalue weighted by Crippen LogP contribution is -2.52. The molecule has 0 saturated heterocycles. The molecule has 7 heteroatoms. The van der Waals surface area contributed by atoms with Crippen LogP contribution in [-0.4, -0.2) is 47.0 Å². The number of ether oxygens (including phenoxy) is 1. The summed E-state index contributed by atoms with van der Waals surface area (Å²) in [6.07, 6.45) is 8.57. The highest BCUT2D eigenvalue weighted by Gasteiger charge is 2.34. The van der Waals surface area contributed by atoms with Crippen molar-refractivity contribution in [3.63, 3.8) is 0 Å². The number of nitrogens with one attached hydrogen (secondary N) is 2. The van der Waals surface area contributed by atoms with Gasteiger partial charge in [-0.3, -0.25) is 9.59 Å². The van der Waals surface area contributed by atoms with Crippen LogP contribution in [0.25, 0.3) is 0 Å². The van der Waals surface area contributed by atoms with Crippen molar-refractivity contribution >= 4 is 17.9 Å². The number of hydrogen-bond donors (Lipinski definition) is 2. The van der Waals surface area contributed by atoms with Crippen LogP contribution in [-0.2, 0) is 14.3 Å². The van der Waals surface area contributed by atoms with E-state index in [0.717, 1.165) is 25.7 Å². The smallest absolute Gasteiger partial charge is 0.408 e. The minimum atomic E-state index is -0.875. The Morgan fingerprint density at radius 3 is 2.15 bits per heavy atom. The molecule has 0 saturated carbocycles. The largest absolute Gasteiger partial charge is 0.444 e. The summed E-state index contributed by atoms with van der Waals surface area (Å²) in [5, 5.41) is 5.54. The molecule has 0 spiro atoms. The summed E-state index contributed by atoms with van der Waals surface area (Å²) in [5.41, 5.74) is 0.656. The van der Waals surface area contributed by atoms with Crippen molar-refractivity contribution in [1.82, 2.24) is 15.5 Å². The van der Waals surface area contributed by atoms with Gasteiger partial charge in [-0.05, 0) is 65.7 Å². The molecule has 1 aromatic carbocycles. The molecule has 34 heavy (non-hydrogen) atoms. The Morgan fingerprint density at radius 1 is 1.03 bits per heavy atom. The number of carbonyl (C=O) groups is 3. The van der Waals surface area contributed by atoms with Crippen molar-refractivity contribution in [1.29, 1.82) is 0 Å². The van der Waals surface area contributed by atoms with E-state index in [2.05, 4.69) is 23.5 Å². The van der Waals surface area contributed by atoms with E-state index in [1.54, 1.807) is 56.9 Å². The lowest BCUT2D eigenvalue weighted by Gasteiger charge is -2.34. The van der Waals surface area contributed by atoms with E-state index in [-0.39, 0.29) is 17.9 Å². The van der Waals surface area contributed by atoms with Gasteiger partial charge in [0.25, 0.3) is 0 Å². The molecule has 0 aliphatic heterocycles. The molecule has 0 aliphatic carbocycles. The number of benzene rings is 1. The molecule has 2 atom stereocenters. The molecule has 0 aromatic heterocycles. The lowest BCUT2D eigenvalue weighted by atomic mass is 10.0. The molecule has 2 N–H and O–H groups in total. The first kappa shape index (κ1) is 29.0. The Hall–Kier alpha value is -3.01. The van der Waals surface area contributed by atoms with Gasteiger partial charge in [0.05, 0.1) is 0 Å². The van der Waals surface area contributed by atoms with Gasteiger partial charge in [-0.2, -0.15) is 0 Å². The molecule has 0 heterocycles. The van der Waals surface area contributed by atoms with Crippen LogP contribution in [0.5, 0.6) is 0 Å². The van der Waals surface area contributed by atoms with Crippen LogP contribution in [0, 0.1) is 12.3 Å². The van der Waals surface area contributed by atoms with E-state index in [0.29, 0.717) is 17.7 Å². The Labute approximate surface area is 205 Å². The minimum absolute atomic E-state index is 0.102. The average molecular weight is 472 g/mol. The van der Waals surface area contributed by atoms with Gasteiger partial charge in [-0.15, -0.1) is 6.42 Å². The number of unbranched alkanes of at least 4 members (excludes halogenated alkanes) is 3. The molecule has 0 aliphatic rings. The van der Waals surface area contributed by atoms with E-state index < -0.39 is 23.8 Å². The quantitative estimate of drug-likeness (QED) is 0.366. The highest BCUT2D eigenvalue weighted by atomic mass is 16.6. The van der Waals surface area contributed by atoms with Crippen LogP contribution < -0.4 is 10.6 Å². The first-order chi connectivity index (χ1) is 15.9. The van der Waals surface area contributed by atoms with E-state index in [9.17, 15) is 14.4 Å². The van der Waals surface area contributed by atoms with Crippen molar-refractivity contribution in [2.45, 2.75) is 97.9 Å². The third-order valence-corrected chi connectivity index (χ3v) is 5.02. The number of rotatable bonds is 11. The molecule has 1 rings (SSSR count). The monoisotopic (exact) mass is 471 g/mol. The van der Waals surface area contributed by atoms with Crippen LogP contribution in [0.1, 0.15) is 91.3 Å². The number of alkyl carbamates (subject to hydrolysis) is 1. The summed E-state index contributed by atoms with van der Waals surface area (Å²) in [5.74, 6) is 1.94. The maximum Gasteiger partial charge on any atom is 0.408 e. The zero-order chi connectivity index (χ0) is 25.9. The maximum atomic E-state index is 13.6. The standard InChI is InChI=1S/C27H41N3O4/c1-9-11-12-13-18-30(25(32)20(5)29-26(33)34-27(6,7)8)23(24(31)28-19(3)4)22-16-14-21(10-2)15-17-22/h2,14-17,19-20,23H,9,11-13,18H2,1,3-8H3,(H,28,31)(H,29,33). The highest BCUT2D eigenvalue weighted by molar-refractivity contribution is 5.92. The van der Waals surface area contributed by atoms with Crippen LogP contribution in [0.4, 0.5) is 4.79 Å². The predicted octanol–water partition coefficient (Wildman–Crippen LogP) is 4.56. The van der Waals surface area contributed by atoms with Gasteiger partial charge in [0.1, 0.15) is 17.7 Å². The van der Waals surface area contributed by atoms with Crippen LogP contribution >= 0.6 is 0 Å². The first-order valence-electron chi connectivity index (χ1n) is 12.1. The molecule has 2 unspecified atom stereocenters. The van der Waals surface area contributed by atoms with Gasteiger partial charge in [-0.1, -0.05) is 44.2 Å². The van der Waals surface area contributed by atoms with Crippen molar-refractivity contribution in [3.05, 3.63) is 35.4 Å². The Bertz CT molecular complexity index is 850. The molecule has 0 radical (unpaired) electrons. The fourth-order valence-electron chi connectivity index (χ4n) is 3.47. The Morgan fingerprint density at radius 2 is 1.65 bits per heavy atom. The second-order valence-corrected chi connectivity index (χ2v) is 9.79. The highest BCUT2D eigenvalue weighted by Crippen LogP contribution is 2.24. The molecule has 0 bridgehead atoms. The van der Waals surface area contributed by atoms with Crippen molar-refractivity contribution < 1.29 is 19.1 Å². The van der Waals surface area contributed by atoms with E-state index in [1.807, 2.05) is 13.8 Å². The van der Waals surface area contributed by atoms with Gasteiger partial charge in [-0.25, -0.2) is 4.79 Å². The molecule has 7 nitrogen and oxygen atoms in total. The number of amides is 3. The Kier molecular flexibility index (Phi) is 11.6. The molecular formula is C27H41N3O4. The van der Waals surface area contributed by atoms with E-state index in [4.69, 9.17) is 11.2 Å². The van der Waals surface area contributed by atoms with Crippen LogP contribution in [0.2, 0.25) is 0 Å². The fourth-order valence-corrected chi connectivity index (χ4v) is 3.47. The van der Waals surface area contributed by atoms with Crippen molar-refractivity contribution in [2.24, 2.45) is 0 Å². The normalized spacial score (nSPS) is 12.9. The van der Waals surface area contributed by atoms with Crippen molar-refractivity contribution in [2.75, 3.05) is 6.54 Å². The second-order valence-electron chi connectivity index (χ2n) is 9.79. The summed E-state index contributed by atoms with van der Waals surface area (Å²) in [6, 6.07) is 5.23. The number of terminal acetylenes is 1.